The van der Waals surface area contributed by atoms with E-state index in [1.165, 1.54) is 19.4 Å². The monoisotopic (exact) mass is 300 g/mol. The number of fused-ring (bicyclic) bond motifs is 1. The predicted molar refractivity (Wildman–Crippen MR) is 88.6 cm³/mol. The van der Waals surface area contributed by atoms with Gasteiger partial charge in [-0.05, 0) is 68.6 Å². The van der Waals surface area contributed by atoms with Gasteiger partial charge in [-0.15, -0.1) is 0 Å². The summed E-state index contributed by atoms with van der Waals surface area (Å²) in [6.07, 6.45) is 6.48. The third kappa shape index (κ3) is 2.88. The first-order chi connectivity index (χ1) is 10.7. The summed E-state index contributed by atoms with van der Waals surface area (Å²) in [4.78, 5) is 17.3. The molecule has 0 spiro atoms. The highest BCUT2D eigenvalue weighted by molar-refractivity contribution is 5.97. The van der Waals surface area contributed by atoms with Gasteiger partial charge in [0.1, 0.15) is 0 Å². The van der Waals surface area contributed by atoms with Crippen LogP contribution in [0.25, 0.3) is 10.9 Å². The summed E-state index contributed by atoms with van der Waals surface area (Å²) in [5.74, 6) is -0.463. The number of carbonyl (C=O) groups is 1. The Hall–Kier alpha value is -1.81. The lowest BCUT2D eigenvalue weighted by Gasteiger charge is -2.33. The molecule has 2 aromatic rings. The summed E-state index contributed by atoms with van der Waals surface area (Å²) < 4.78 is 0. The molecule has 1 aromatic carbocycles. The number of rotatable bonds is 5. The Morgan fingerprint density at radius 3 is 2.77 bits per heavy atom. The lowest BCUT2D eigenvalue weighted by Crippen LogP contribution is -2.34. The van der Waals surface area contributed by atoms with E-state index in [1.807, 2.05) is 18.3 Å². The normalized spacial score (nSPS) is 17.1. The molecule has 0 bridgehead atoms. The summed E-state index contributed by atoms with van der Waals surface area (Å²) in [5, 5.41) is 10.6. The number of hydrogen-bond donors (Lipinski definition) is 2. The lowest BCUT2D eigenvalue weighted by atomic mass is 9.84. The summed E-state index contributed by atoms with van der Waals surface area (Å²) in [6.45, 7) is 5.54. The van der Waals surface area contributed by atoms with E-state index in [1.54, 1.807) is 6.07 Å². The molecular weight excluding hydrogens is 276 g/mol. The molecule has 0 saturated carbocycles. The minimum Gasteiger partial charge on any atom is -0.478 e. The molecule has 1 aliphatic rings. The topological polar surface area (TPSA) is 56.3 Å². The molecule has 4 nitrogen and oxygen atoms in total. The van der Waals surface area contributed by atoms with E-state index in [0.717, 1.165) is 42.4 Å². The first kappa shape index (κ1) is 15.1. The molecule has 22 heavy (non-hydrogen) atoms. The number of unbranched alkanes of at least 4 members (excludes halogenated alkanes) is 1. The van der Waals surface area contributed by atoms with Gasteiger partial charge in [-0.25, -0.2) is 4.79 Å². The van der Waals surface area contributed by atoms with Gasteiger partial charge >= 0.3 is 5.97 Å². The molecule has 2 N–H and O–H groups in total. The van der Waals surface area contributed by atoms with Gasteiger partial charge in [0.05, 0.1) is 5.56 Å². The van der Waals surface area contributed by atoms with Crippen molar-refractivity contribution in [3.05, 3.63) is 35.5 Å². The van der Waals surface area contributed by atoms with Crippen LogP contribution in [0.3, 0.4) is 0 Å². The molecule has 0 amide bonds. The fourth-order valence-corrected chi connectivity index (χ4v) is 3.61. The maximum atomic E-state index is 11.6. The first-order valence-corrected chi connectivity index (χ1v) is 8.26. The van der Waals surface area contributed by atoms with Crippen molar-refractivity contribution in [1.29, 1.82) is 0 Å². The number of aromatic carboxylic acids is 1. The Morgan fingerprint density at radius 2 is 2.09 bits per heavy atom. The zero-order chi connectivity index (χ0) is 15.5. The number of nitrogens with one attached hydrogen (secondary N) is 1. The van der Waals surface area contributed by atoms with Crippen molar-refractivity contribution < 1.29 is 9.90 Å². The molecule has 0 radical (unpaired) electrons. The molecule has 1 aliphatic heterocycles. The van der Waals surface area contributed by atoms with Crippen LogP contribution in [0.5, 0.6) is 0 Å². The summed E-state index contributed by atoms with van der Waals surface area (Å²) in [6, 6.07) is 5.64. The zero-order valence-corrected chi connectivity index (χ0v) is 13.1. The second-order valence-corrected chi connectivity index (χ2v) is 6.24. The van der Waals surface area contributed by atoms with Crippen LogP contribution < -0.4 is 0 Å². The first-order valence-electron chi connectivity index (χ1n) is 8.26. The molecule has 0 atom stereocenters. The molecule has 0 unspecified atom stereocenters. The maximum Gasteiger partial charge on any atom is 0.335 e. The number of hydrogen-bond acceptors (Lipinski definition) is 2. The summed E-state index contributed by atoms with van der Waals surface area (Å²) >= 11 is 0. The lowest BCUT2D eigenvalue weighted by molar-refractivity contribution is 0.0694. The number of carboxylic acids is 1. The highest BCUT2D eigenvalue weighted by atomic mass is 16.4. The minimum absolute atomic E-state index is 0.350. The van der Waals surface area contributed by atoms with Gasteiger partial charge in [-0.3, -0.25) is 0 Å². The number of likely N-dealkylation sites (tertiary alicyclic amines) is 1. The Labute approximate surface area is 131 Å². The number of carboxylic acid groups (broad SMARTS) is 1. The smallest absolute Gasteiger partial charge is 0.335 e. The van der Waals surface area contributed by atoms with Crippen molar-refractivity contribution in [1.82, 2.24) is 9.88 Å². The van der Waals surface area contributed by atoms with Gasteiger partial charge in [0, 0.05) is 17.1 Å². The van der Waals surface area contributed by atoms with Crippen molar-refractivity contribution in [2.24, 2.45) is 0 Å². The molecule has 1 fully saturated rings. The van der Waals surface area contributed by atoms with Gasteiger partial charge in [0.2, 0.25) is 0 Å². The molecule has 4 heteroatoms. The second-order valence-electron chi connectivity index (χ2n) is 6.24. The molecule has 2 heterocycles. The third-order valence-corrected chi connectivity index (χ3v) is 4.83. The van der Waals surface area contributed by atoms with Crippen LogP contribution in [0.1, 0.15) is 54.4 Å². The fraction of sp³-hybridized carbons (Fsp3) is 0.500. The van der Waals surface area contributed by atoms with E-state index in [0.29, 0.717) is 11.5 Å². The largest absolute Gasteiger partial charge is 0.478 e. The molecule has 118 valence electrons. The van der Waals surface area contributed by atoms with Gasteiger partial charge in [-0.2, -0.15) is 0 Å². The maximum absolute atomic E-state index is 11.6. The van der Waals surface area contributed by atoms with Crippen LogP contribution in [0.2, 0.25) is 0 Å². The average molecular weight is 300 g/mol. The fourth-order valence-electron chi connectivity index (χ4n) is 3.61. The highest BCUT2D eigenvalue weighted by Crippen LogP contribution is 2.35. The molecule has 0 aliphatic carbocycles. The van der Waals surface area contributed by atoms with Crippen LogP contribution in [0.15, 0.2) is 24.4 Å². The highest BCUT2D eigenvalue weighted by Gasteiger charge is 2.26. The minimum atomic E-state index is -0.813. The van der Waals surface area contributed by atoms with Crippen molar-refractivity contribution in [2.75, 3.05) is 19.6 Å². The molecule has 1 aromatic heterocycles. The number of piperidine rings is 1. The van der Waals surface area contributed by atoms with Crippen molar-refractivity contribution in [3.8, 4) is 0 Å². The standard InChI is InChI=1S/C18H24N2O2/c1-2-3-10-20-11-7-13(8-12-20)17-14-6-9-19-16(14)5-4-15(17)18(21)22/h4-6,9,13,19H,2-3,7-8,10-12H2,1H3,(H,21,22). The zero-order valence-electron chi connectivity index (χ0n) is 13.1. The third-order valence-electron chi connectivity index (χ3n) is 4.83. The van der Waals surface area contributed by atoms with Crippen LogP contribution in [-0.2, 0) is 0 Å². The summed E-state index contributed by atoms with van der Waals surface area (Å²) in [7, 11) is 0. The van der Waals surface area contributed by atoms with Crippen LogP contribution in [-0.4, -0.2) is 40.6 Å². The number of nitrogens with zero attached hydrogens (tertiary/aromatic N) is 1. The molecule has 1 saturated heterocycles. The number of aromatic nitrogens is 1. The number of aromatic amines is 1. The van der Waals surface area contributed by atoms with Gasteiger partial charge in [0.25, 0.3) is 0 Å². The van der Waals surface area contributed by atoms with Crippen molar-refractivity contribution >= 4 is 16.9 Å². The summed E-state index contributed by atoms with van der Waals surface area (Å²) in [5.41, 5.74) is 2.54. The molecule has 3 rings (SSSR count). The van der Waals surface area contributed by atoms with Crippen LogP contribution in [0.4, 0.5) is 0 Å². The number of benzene rings is 1. The Bertz CT molecular complexity index is 654. The van der Waals surface area contributed by atoms with Gasteiger partial charge < -0.3 is 15.0 Å². The van der Waals surface area contributed by atoms with Crippen molar-refractivity contribution in [3.63, 3.8) is 0 Å². The predicted octanol–water partition coefficient (Wildman–Crippen LogP) is 3.85. The van der Waals surface area contributed by atoms with Gasteiger partial charge in [0.15, 0.2) is 0 Å². The number of H-pyrrole nitrogens is 1. The van der Waals surface area contributed by atoms with E-state index in [4.69, 9.17) is 0 Å². The van der Waals surface area contributed by atoms with Crippen molar-refractivity contribution in [2.45, 2.75) is 38.5 Å². The SMILES string of the molecule is CCCCN1CCC(c2c(C(=O)O)ccc3[nH]ccc23)CC1. The van der Waals surface area contributed by atoms with E-state index < -0.39 is 5.97 Å². The van der Waals surface area contributed by atoms with E-state index in [2.05, 4.69) is 16.8 Å². The quantitative estimate of drug-likeness (QED) is 0.882. The van der Waals surface area contributed by atoms with E-state index >= 15 is 0 Å². The Kier molecular flexibility index (Phi) is 4.48. The Morgan fingerprint density at radius 1 is 1.32 bits per heavy atom. The van der Waals surface area contributed by atoms with Crippen LogP contribution in [0, 0.1) is 0 Å². The average Bonchev–Trinajstić information content (AvgIpc) is 3.01. The van der Waals surface area contributed by atoms with Gasteiger partial charge in [-0.1, -0.05) is 13.3 Å². The van der Waals surface area contributed by atoms with E-state index in [-0.39, 0.29) is 0 Å². The van der Waals surface area contributed by atoms with Crippen LogP contribution >= 0.6 is 0 Å². The van der Waals surface area contributed by atoms with E-state index in [9.17, 15) is 9.90 Å². The molecular formula is C18H24N2O2. The Balaban J connectivity index is 1.85. The second kappa shape index (κ2) is 6.53.